The van der Waals surface area contributed by atoms with E-state index in [1.165, 1.54) is 75.5 Å². The summed E-state index contributed by atoms with van der Waals surface area (Å²) in [5.41, 5.74) is 2.55. The SMILES string of the molecule is CCC[C@H](C)Nc1ncc2c(C3CCN(CC4CCCCC4)CC3)cn(C3CCC(O)CC3)c2n1. The van der Waals surface area contributed by atoms with Crippen molar-refractivity contribution in [2.45, 2.75) is 121 Å². The molecule has 2 saturated carbocycles. The van der Waals surface area contributed by atoms with Crippen molar-refractivity contribution in [2.75, 3.05) is 25.0 Å². The molecule has 194 valence electrons. The molecule has 1 atom stereocenters. The van der Waals surface area contributed by atoms with Crippen LogP contribution in [-0.4, -0.2) is 56.3 Å². The van der Waals surface area contributed by atoms with Crippen LogP contribution in [0.15, 0.2) is 12.4 Å². The lowest BCUT2D eigenvalue weighted by atomic mass is 9.86. The van der Waals surface area contributed by atoms with E-state index in [1.807, 2.05) is 0 Å². The first-order valence-corrected chi connectivity index (χ1v) is 14.6. The topological polar surface area (TPSA) is 66.2 Å². The van der Waals surface area contributed by atoms with E-state index < -0.39 is 0 Å². The number of likely N-dealkylation sites (tertiary alicyclic amines) is 1. The molecule has 2 N–H and O–H groups in total. The van der Waals surface area contributed by atoms with E-state index in [4.69, 9.17) is 9.97 Å². The van der Waals surface area contributed by atoms with Gasteiger partial charge in [0, 0.05) is 36.4 Å². The third-order valence-corrected chi connectivity index (χ3v) is 9.03. The van der Waals surface area contributed by atoms with Gasteiger partial charge in [0.25, 0.3) is 0 Å². The number of nitrogens with one attached hydrogen (secondary N) is 1. The van der Waals surface area contributed by atoms with Crippen LogP contribution in [0.4, 0.5) is 5.95 Å². The summed E-state index contributed by atoms with van der Waals surface area (Å²) in [6, 6.07) is 0.801. The number of rotatable bonds is 8. The van der Waals surface area contributed by atoms with Crippen molar-refractivity contribution in [1.82, 2.24) is 19.4 Å². The number of aromatic nitrogens is 3. The predicted octanol–water partition coefficient (Wildman–Crippen LogP) is 6.27. The van der Waals surface area contributed by atoms with Crippen LogP contribution in [-0.2, 0) is 0 Å². The van der Waals surface area contributed by atoms with Gasteiger partial charge >= 0.3 is 0 Å². The zero-order chi connectivity index (χ0) is 24.2. The highest BCUT2D eigenvalue weighted by molar-refractivity contribution is 5.81. The van der Waals surface area contributed by atoms with Crippen molar-refractivity contribution in [2.24, 2.45) is 5.92 Å². The zero-order valence-electron chi connectivity index (χ0n) is 22.1. The lowest BCUT2D eigenvalue weighted by Gasteiger charge is -2.35. The monoisotopic (exact) mass is 481 g/mol. The number of aliphatic hydroxyl groups is 1. The van der Waals surface area contributed by atoms with Crippen molar-refractivity contribution in [3.8, 4) is 0 Å². The van der Waals surface area contributed by atoms with Crippen molar-refractivity contribution in [3.05, 3.63) is 18.0 Å². The maximum atomic E-state index is 10.1. The summed E-state index contributed by atoms with van der Waals surface area (Å²) in [6.07, 6.45) is 20.2. The number of hydrogen-bond donors (Lipinski definition) is 2. The van der Waals surface area contributed by atoms with E-state index in [-0.39, 0.29) is 6.10 Å². The number of hydrogen-bond acceptors (Lipinski definition) is 5. The maximum Gasteiger partial charge on any atom is 0.224 e. The van der Waals surface area contributed by atoms with E-state index in [0.29, 0.717) is 18.0 Å². The molecule has 1 aliphatic heterocycles. The fraction of sp³-hybridized carbons (Fsp3) is 0.793. The van der Waals surface area contributed by atoms with E-state index in [0.717, 1.165) is 56.0 Å². The molecular weight excluding hydrogens is 434 g/mol. The predicted molar refractivity (Wildman–Crippen MR) is 144 cm³/mol. The molecular formula is C29H47N5O. The Morgan fingerprint density at radius 2 is 1.77 bits per heavy atom. The molecule has 5 rings (SSSR count). The molecule has 0 spiro atoms. The standard InChI is InChI=1S/C29H47N5O/c1-3-7-21(2)31-29-30-18-26-27(20-34(28(26)32-29)24-10-12-25(35)13-11-24)23-14-16-33(17-15-23)19-22-8-5-4-6-9-22/h18,20-25,35H,3-17,19H2,1-2H3,(H,30,31,32)/t21-,24?,25?/m0/s1. The van der Waals surface area contributed by atoms with Crippen LogP contribution >= 0.6 is 0 Å². The van der Waals surface area contributed by atoms with Crippen LogP contribution in [0.2, 0.25) is 0 Å². The highest BCUT2D eigenvalue weighted by Crippen LogP contribution is 2.38. The summed E-state index contributed by atoms with van der Waals surface area (Å²) in [5, 5.41) is 14.9. The van der Waals surface area contributed by atoms with Gasteiger partial charge in [-0.1, -0.05) is 32.6 Å². The van der Waals surface area contributed by atoms with Gasteiger partial charge in [-0.3, -0.25) is 0 Å². The molecule has 6 heteroatoms. The van der Waals surface area contributed by atoms with Crippen LogP contribution in [0.1, 0.15) is 115 Å². The summed E-state index contributed by atoms with van der Waals surface area (Å²) in [7, 11) is 0. The summed E-state index contributed by atoms with van der Waals surface area (Å²) in [6.45, 7) is 8.19. The summed E-state index contributed by atoms with van der Waals surface area (Å²) in [5.74, 6) is 2.28. The Labute approximate surface area is 211 Å². The van der Waals surface area contributed by atoms with Crippen LogP contribution < -0.4 is 5.32 Å². The van der Waals surface area contributed by atoms with Crippen molar-refractivity contribution >= 4 is 17.0 Å². The first-order chi connectivity index (χ1) is 17.1. The minimum absolute atomic E-state index is 0.136. The van der Waals surface area contributed by atoms with E-state index in [2.05, 4.69) is 41.0 Å². The second-order valence-electron chi connectivity index (χ2n) is 11.8. The van der Waals surface area contributed by atoms with Crippen molar-refractivity contribution in [3.63, 3.8) is 0 Å². The van der Waals surface area contributed by atoms with Gasteiger partial charge in [-0.05, 0) is 95.2 Å². The fourth-order valence-corrected chi connectivity index (χ4v) is 6.95. The second kappa shape index (κ2) is 11.6. The quantitative estimate of drug-likeness (QED) is 0.465. The largest absolute Gasteiger partial charge is 0.393 e. The Hall–Kier alpha value is -1.66. The Kier molecular flexibility index (Phi) is 8.29. The maximum absolute atomic E-state index is 10.1. The van der Waals surface area contributed by atoms with Crippen molar-refractivity contribution in [1.29, 1.82) is 0 Å². The molecule has 3 aliphatic rings. The lowest BCUT2D eigenvalue weighted by Crippen LogP contribution is -2.37. The van der Waals surface area contributed by atoms with Crippen LogP contribution in [0.3, 0.4) is 0 Å². The summed E-state index contributed by atoms with van der Waals surface area (Å²) in [4.78, 5) is 12.6. The van der Waals surface area contributed by atoms with E-state index in [1.54, 1.807) is 0 Å². The van der Waals surface area contributed by atoms with Gasteiger partial charge in [-0.25, -0.2) is 4.98 Å². The fourth-order valence-electron chi connectivity index (χ4n) is 6.95. The Morgan fingerprint density at radius 1 is 1.03 bits per heavy atom. The Balaban J connectivity index is 1.34. The van der Waals surface area contributed by atoms with E-state index in [9.17, 15) is 5.11 Å². The van der Waals surface area contributed by atoms with Gasteiger partial charge in [-0.15, -0.1) is 0 Å². The molecule has 0 unspecified atom stereocenters. The van der Waals surface area contributed by atoms with Gasteiger partial charge in [0.05, 0.1) is 6.10 Å². The number of anilines is 1. The van der Waals surface area contributed by atoms with Crippen molar-refractivity contribution < 1.29 is 5.11 Å². The molecule has 3 fully saturated rings. The first kappa shape index (κ1) is 25.0. The van der Waals surface area contributed by atoms with Crippen LogP contribution in [0, 0.1) is 5.92 Å². The molecule has 35 heavy (non-hydrogen) atoms. The molecule has 2 aliphatic carbocycles. The zero-order valence-corrected chi connectivity index (χ0v) is 22.1. The summed E-state index contributed by atoms with van der Waals surface area (Å²) < 4.78 is 2.45. The van der Waals surface area contributed by atoms with Gasteiger partial charge < -0.3 is 19.9 Å². The lowest BCUT2D eigenvalue weighted by molar-refractivity contribution is 0.111. The molecule has 0 amide bonds. The average molecular weight is 482 g/mol. The average Bonchev–Trinajstić information content (AvgIpc) is 3.24. The molecule has 2 aromatic heterocycles. The van der Waals surface area contributed by atoms with E-state index >= 15 is 0 Å². The van der Waals surface area contributed by atoms with Gasteiger partial charge in [-0.2, -0.15) is 4.98 Å². The van der Waals surface area contributed by atoms with Crippen LogP contribution in [0.25, 0.3) is 11.0 Å². The van der Waals surface area contributed by atoms with Gasteiger partial charge in [0.15, 0.2) is 0 Å². The third-order valence-electron chi connectivity index (χ3n) is 9.03. The second-order valence-corrected chi connectivity index (χ2v) is 11.8. The number of nitrogens with zero attached hydrogens (tertiary/aromatic N) is 4. The molecule has 2 aromatic rings. The minimum Gasteiger partial charge on any atom is -0.393 e. The molecule has 3 heterocycles. The number of fused-ring (bicyclic) bond motifs is 1. The van der Waals surface area contributed by atoms with Gasteiger partial charge in [0.1, 0.15) is 5.65 Å². The highest BCUT2D eigenvalue weighted by atomic mass is 16.3. The third kappa shape index (κ3) is 6.02. The Bertz CT molecular complexity index is 936. The normalized spacial score (nSPS) is 26.3. The molecule has 0 aromatic carbocycles. The minimum atomic E-state index is -0.136. The highest BCUT2D eigenvalue weighted by Gasteiger charge is 2.29. The molecule has 0 radical (unpaired) electrons. The number of piperidine rings is 1. The number of aliphatic hydroxyl groups excluding tert-OH is 1. The molecule has 1 saturated heterocycles. The van der Waals surface area contributed by atoms with Gasteiger partial charge in [0.2, 0.25) is 5.95 Å². The molecule has 6 nitrogen and oxygen atoms in total. The smallest absolute Gasteiger partial charge is 0.224 e. The first-order valence-electron chi connectivity index (χ1n) is 14.6. The molecule has 0 bridgehead atoms. The Morgan fingerprint density at radius 3 is 2.49 bits per heavy atom. The summed E-state index contributed by atoms with van der Waals surface area (Å²) >= 11 is 0. The van der Waals surface area contributed by atoms with Crippen LogP contribution in [0.5, 0.6) is 0 Å².